The molecule has 0 aromatic heterocycles. The van der Waals surface area contributed by atoms with Crippen LogP contribution in [0.3, 0.4) is 0 Å². The van der Waals surface area contributed by atoms with Gasteiger partial charge in [-0.15, -0.1) is 0 Å². The van der Waals surface area contributed by atoms with Crippen molar-refractivity contribution >= 4 is 0 Å². The molecule has 0 radical (unpaired) electrons. The molecule has 2 aliphatic rings. The molecule has 3 rings (SSSR count). The van der Waals surface area contributed by atoms with Gasteiger partial charge in [0.2, 0.25) is 0 Å². The monoisotopic (exact) mass is 281 g/mol. The van der Waals surface area contributed by atoms with Crippen LogP contribution in [-0.2, 0) is 4.74 Å². The summed E-state index contributed by atoms with van der Waals surface area (Å²) in [6, 6.07) is 4.31. The van der Waals surface area contributed by atoms with Crippen molar-refractivity contribution in [1.82, 2.24) is 5.32 Å². The Labute approximate surface area is 118 Å². The van der Waals surface area contributed by atoms with Gasteiger partial charge in [0.25, 0.3) is 0 Å². The van der Waals surface area contributed by atoms with Gasteiger partial charge in [-0.3, -0.25) is 0 Å². The summed E-state index contributed by atoms with van der Waals surface area (Å²) in [4.78, 5) is 0. The fourth-order valence-electron chi connectivity index (χ4n) is 3.64. The molecule has 2 fully saturated rings. The summed E-state index contributed by atoms with van der Waals surface area (Å²) in [5, 5.41) is 3.35. The lowest BCUT2D eigenvalue weighted by Gasteiger charge is -2.46. The van der Waals surface area contributed by atoms with E-state index in [1.54, 1.807) is 12.1 Å². The second-order valence-electron chi connectivity index (χ2n) is 6.26. The van der Waals surface area contributed by atoms with Crippen LogP contribution in [0.4, 0.5) is 8.78 Å². The van der Waals surface area contributed by atoms with Crippen molar-refractivity contribution in [3.05, 3.63) is 35.4 Å². The van der Waals surface area contributed by atoms with Gasteiger partial charge in [0, 0.05) is 18.7 Å². The molecule has 1 aliphatic heterocycles. The van der Waals surface area contributed by atoms with Crippen LogP contribution in [0.1, 0.15) is 44.3 Å². The Balaban J connectivity index is 1.83. The van der Waals surface area contributed by atoms with Crippen LogP contribution in [0.15, 0.2) is 18.2 Å². The van der Waals surface area contributed by atoms with Gasteiger partial charge < -0.3 is 10.1 Å². The SMILES string of the molecule is CC1CCCC2(CNCC(c3cccc(F)c3F)O2)C1. The first-order valence-electron chi connectivity index (χ1n) is 7.42. The van der Waals surface area contributed by atoms with E-state index in [9.17, 15) is 8.78 Å². The van der Waals surface area contributed by atoms with Gasteiger partial charge in [0.05, 0.1) is 11.7 Å². The molecule has 1 saturated carbocycles. The maximum atomic E-state index is 13.9. The molecule has 1 spiro atoms. The lowest BCUT2D eigenvalue weighted by molar-refractivity contribution is -0.144. The van der Waals surface area contributed by atoms with E-state index in [0.29, 0.717) is 18.0 Å². The Bertz CT molecular complexity index is 489. The zero-order valence-electron chi connectivity index (χ0n) is 11.8. The van der Waals surface area contributed by atoms with Gasteiger partial charge in [-0.2, -0.15) is 0 Å². The predicted octanol–water partition coefficient (Wildman–Crippen LogP) is 3.57. The van der Waals surface area contributed by atoms with Crippen LogP contribution in [0.25, 0.3) is 0 Å². The van der Waals surface area contributed by atoms with Gasteiger partial charge in [-0.25, -0.2) is 8.78 Å². The van der Waals surface area contributed by atoms with E-state index in [4.69, 9.17) is 4.74 Å². The molecule has 1 saturated heterocycles. The molecular formula is C16H21F2NO. The zero-order chi connectivity index (χ0) is 14.2. The number of ether oxygens (including phenoxy) is 1. The van der Waals surface area contributed by atoms with Crippen LogP contribution in [0.2, 0.25) is 0 Å². The lowest BCUT2D eigenvalue weighted by atomic mass is 9.77. The highest BCUT2D eigenvalue weighted by Crippen LogP contribution is 2.40. The first-order valence-corrected chi connectivity index (χ1v) is 7.42. The normalized spacial score (nSPS) is 34.4. The molecule has 0 amide bonds. The van der Waals surface area contributed by atoms with E-state index in [1.807, 2.05) is 0 Å². The van der Waals surface area contributed by atoms with E-state index >= 15 is 0 Å². The van der Waals surface area contributed by atoms with Crippen molar-refractivity contribution in [2.24, 2.45) is 5.92 Å². The Morgan fingerprint density at radius 2 is 2.20 bits per heavy atom. The molecule has 3 unspecified atom stereocenters. The summed E-state index contributed by atoms with van der Waals surface area (Å²) in [6.07, 6.45) is 3.96. The van der Waals surface area contributed by atoms with Crippen LogP contribution in [0.5, 0.6) is 0 Å². The smallest absolute Gasteiger partial charge is 0.164 e. The number of nitrogens with one attached hydrogen (secondary N) is 1. The second kappa shape index (κ2) is 5.41. The quantitative estimate of drug-likeness (QED) is 0.849. The van der Waals surface area contributed by atoms with Crippen molar-refractivity contribution < 1.29 is 13.5 Å². The fourth-order valence-corrected chi connectivity index (χ4v) is 3.64. The number of hydrogen-bond acceptors (Lipinski definition) is 2. The number of benzene rings is 1. The van der Waals surface area contributed by atoms with Gasteiger partial charge in [0.1, 0.15) is 0 Å². The number of hydrogen-bond donors (Lipinski definition) is 1. The first kappa shape index (κ1) is 14.0. The van der Waals surface area contributed by atoms with Gasteiger partial charge in [-0.05, 0) is 24.8 Å². The standard InChI is InChI=1S/C16H21F2NO/c1-11-4-3-7-16(8-11)10-19-9-14(20-16)12-5-2-6-13(17)15(12)18/h2,5-6,11,14,19H,3-4,7-10H2,1H3. The molecule has 1 aromatic rings. The van der Waals surface area contributed by atoms with E-state index in [2.05, 4.69) is 12.2 Å². The molecule has 110 valence electrons. The molecule has 1 N–H and O–H groups in total. The molecule has 0 bridgehead atoms. The van der Waals surface area contributed by atoms with Gasteiger partial charge in [0.15, 0.2) is 11.6 Å². The molecular weight excluding hydrogens is 260 g/mol. The number of halogens is 2. The fraction of sp³-hybridized carbons (Fsp3) is 0.625. The van der Waals surface area contributed by atoms with Crippen LogP contribution < -0.4 is 5.32 Å². The molecule has 4 heteroatoms. The third-order valence-electron chi connectivity index (χ3n) is 4.55. The first-order chi connectivity index (χ1) is 9.60. The van der Waals surface area contributed by atoms with Gasteiger partial charge in [-0.1, -0.05) is 31.9 Å². The Morgan fingerprint density at radius 3 is 3.00 bits per heavy atom. The Morgan fingerprint density at radius 1 is 1.35 bits per heavy atom. The summed E-state index contributed by atoms with van der Waals surface area (Å²) in [5.74, 6) is -0.954. The minimum Gasteiger partial charge on any atom is -0.364 e. The summed E-state index contributed by atoms with van der Waals surface area (Å²) in [5.41, 5.74) is 0.120. The lowest BCUT2D eigenvalue weighted by Crippen LogP contribution is -2.53. The largest absolute Gasteiger partial charge is 0.364 e. The average molecular weight is 281 g/mol. The highest BCUT2D eigenvalue weighted by Gasteiger charge is 2.41. The van der Waals surface area contributed by atoms with E-state index in [0.717, 1.165) is 31.9 Å². The minimum atomic E-state index is -0.803. The van der Waals surface area contributed by atoms with Crippen molar-refractivity contribution in [3.8, 4) is 0 Å². The van der Waals surface area contributed by atoms with Crippen molar-refractivity contribution in [3.63, 3.8) is 0 Å². The molecule has 1 aromatic carbocycles. The van der Waals surface area contributed by atoms with Crippen molar-refractivity contribution in [2.75, 3.05) is 13.1 Å². The minimum absolute atomic E-state index is 0.209. The van der Waals surface area contributed by atoms with Crippen molar-refractivity contribution in [1.29, 1.82) is 0 Å². The van der Waals surface area contributed by atoms with Gasteiger partial charge >= 0.3 is 0 Å². The Hall–Kier alpha value is -1.00. The maximum Gasteiger partial charge on any atom is 0.164 e. The topological polar surface area (TPSA) is 21.3 Å². The highest BCUT2D eigenvalue weighted by molar-refractivity contribution is 5.22. The molecule has 1 aliphatic carbocycles. The van der Waals surface area contributed by atoms with E-state index < -0.39 is 17.7 Å². The molecule has 1 heterocycles. The van der Waals surface area contributed by atoms with Crippen LogP contribution >= 0.6 is 0 Å². The molecule has 2 nitrogen and oxygen atoms in total. The predicted molar refractivity (Wildman–Crippen MR) is 73.4 cm³/mol. The third-order valence-corrected chi connectivity index (χ3v) is 4.55. The number of rotatable bonds is 1. The second-order valence-corrected chi connectivity index (χ2v) is 6.26. The molecule has 3 atom stereocenters. The van der Waals surface area contributed by atoms with Crippen LogP contribution in [-0.4, -0.2) is 18.7 Å². The Kier molecular flexibility index (Phi) is 3.78. The van der Waals surface area contributed by atoms with E-state index in [1.165, 1.54) is 6.42 Å². The summed E-state index contributed by atoms with van der Waals surface area (Å²) in [7, 11) is 0. The maximum absolute atomic E-state index is 13.9. The highest BCUT2D eigenvalue weighted by atomic mass is 19.2. The average Bonchev–Trinajstić information content (AvgIpc) is 2.42. The summed E-state index contributed by atoms with van der Waals surface area (Å²) in [6.45, 7) is 3.58. The molecule has 20 heavy (non-hydrogen) atoms. The van der Waals surface area contributed by atoms with Crippen LogP contribution in [0, 0.1) is 17.6 Å². The van der Waals surface area contributed by atoms with Crippen molar-refractivity contribution in [2.45, 2.75) is 44.3 Å². The summed E-state index contributed by atoms with van der Waals surface area (Å²) >= 11 is 0. The zero-order valence-corrected chi connectivity index (χ0v) is 11.8. The summed E-state index contributed by atoms with van der Waals surface area (Å²) < 4.78 is 33.6. The van der Waals surface area contributed by atoms with E-state index in [-0.39, 0.29) is 5.60 Å². The third kappa shape index (κ3) is 2.59. The number of morpholine rings is 1.